The van der Waals surface area contributed by atoms with Gasteiger partial charge in [0, 0.05) is 45.3 Å². The van der Waals surface area contributed by atoms with Crippen molar-refractivity contribution in [1.82, 2.24) is 14.9 Å². The quantitative estimate of drug-likeness (QED) is 0.870. The SMILES string of the molecule is CN(C)c1nc2c(n1C1CCCCC1)CCNC2. The second kappa shape index (κ2) is 4.92. The highest BCUT2D eigenvalue weighted by Gasteiger charge is 2.26. The molecule has 0 unspecified atom stereocenters. The van der Waals surface area contributed by atoms with Crippen LogP contribution in [0.4, 0.5) is 5.95 Å². The molecule has 18 heavy (non-hydrogen) atoms. The largest absolute Gasteiger partial charge is 0.348 e. The summed E-state index contributed by atoms with van der Waals surface area (Å²) in [4.78, 5) is 7.03. The summed E-state index contributed by atoms with van der Waals surface area (Å²) in [5.41, 5.74) is 2.76. The van der Waals surface area contributed by atoms with Gasteiger partial charge < -0.3 is 14.8 Å². The first-order chi connectivity index (χ1) is 8.77. The third-order valence-corrected chi connectivity index (χ3v) is 4.25. The number of nitrogens with zero attached hydrogens (tertiary/aromatic N) is 3. The molecule has 0 radical (unpaired) electrons. The maximum atomic E-state index is 4.85. The molecule has 4 heteroatoms. The van der Waals surface area contributed by atoms with Gasteiger partial charge in [0.2, 0.25) is 5.95 Å². The van der Waals surface area contributed by atoms with Gasteiger partial charge in [-0.25, -0.2) is 4.98 Å². The van der Waals surface area contributed by atoms with Gasteiger partial charge in [0.1, 0.15) is 0 Å². The van der Waals surface area contributed by atoms with Crippen molar-refractivity contribution in [1.29, 1.82) is 0 Å². The standard InChI is InChI=1S/C14H24N4/c1-17(2)14-16-12-10-15-9-8-13(12)18(14)11-6-4-3-5-7-11/h11,15H,3-10H2,1-2H3. The highest BCUT2D eigenvalue weighted by molar-refractivity contribution is 5.38. The molecule has 1 aromatic rings. The van der Waals surface area contributed by atoms with Crippen molar-refractivity contribution in [2.75, 3.05) is 25.5 Å². The molecule has 2 aliphatic rings. The van der Waals surface area contributed by atoms with Crippen LogP contribution in [0.3, 0.4) is 0 Å². The number of imidazole rings is 1. The fraction of sp³-hybridized carbons (Fsp3) is 0.786. The van der Waals surface area contributed by atoms with Crippen LogP contribution in [0, 0.1) is 0 Å². The molecule has 0 atom stereocenters. The van der Waals surface area contributed by atoms with Crippen LogP contribution in [0.1, 0.15) is 49.5 Å². The van der Waals surface area contributed by atoms with E-state index in [0.717, 1.165) is 25.5 Å². The van der Waals surface area contributed by atoms with E-state index in [0.29, 0.717) is 6.04 Å². The minimum Gasteiger partial charge on any atom is -0.348 e. The van der Waals surface area contributed by atoms with E-state index < -0.39 is 0 Å². The highest BCUT2D eigenvalue weighted by atomic mass is 15.3. The van der Waals surface area contributed by atoms with Gasteiger partial charge in [-0.1, -0.05) is 19.3 Å². The van der Waals surface area contributed by atoms with E-state index in [1.165, 1.54) is 43.5 Å². The number of anilines is 1. The van der Waals surface area contributed by atoms with E-state index in [1.807, 2.05) is 0 Å². The molecule has 1 N–H and O–H groups in total. The van der Waals surface area contributed by atoms with Crippen molar-refractivity contribution < 1.29 is 0 Å². The minimum absolute atomic E-state index is 0.686. The summed E-state index contributed by atoms with van der Waals surface area (Å²) >= 11 is 0. The molecule has 0 saturated heterocycles. The van der Waals surface area contributed by atoms with Crippen LogP contribution < -0.4 is 10.2 Å². The van der Waals surface area contributed by atoms with Gasteiger partial charge in [0.05, 0.1) is 5.69 Å². The Morgan fingerprint density at radius 1 is 1.22 bits per heavy atom. The zero-order chi connectivity index (χ0) is 12.5. The van der Waals surface area contributed by atoms with Crippen molar-refractivity contribution >= 4 is 5.95 Å². The lowest BCUT2D eigenvalue weighted by Gasteiger charge is -2.29. The monoisotopic (exact) mass is 248 g/mol. The Morgan fingerprint density at radius 3 is 2.72 bits per heavy atom. The Labute approximate surface area is 109 Å². The van der Waals surface area contributed by atoms with Gasteiger partial charge >= 0.3 is 0 Å². The summed E-state index contributed by atoms with van der Waals surface area (Å²) in [6.45, 7) is 2.04. The maximum absolute atomic E-state index is 4.85. The van der Waals surface area contributed by atoms with Crippen molar-refractivity contribution in [3.8, 4) is 0 Å². The lowest BCUT2D eigenvalue weighted by Crippen LogP contribution is -2.27. The number of hydrogen-bond donors (Lipinski definition) is 1. The Hall–Kier alpha value is -1.03. The lowest BCUT2D eigenvalue weighted by atomic mass is 9.94. The third kappa shape index (κ3) is 2.03. The van der Waals surface area contributed by atoms with Crippen LogP contribution in [-0.2, 0) is 13.0 Å². The molecule has 1 fully saturated rings. The van der Waals surface area contributed by atoms with E-state index in [-0.39, 0.29) is 0 Å². The molecule has 100 valence electrons. The predicted octanol–water partition coefficient (Wildman–Crippen LogP) is 2.10. The average molecular weight is 248 g/mol. The molecule has 2 heterocycles. The summed E-state index contributed by atoms with van der Waals surface area (Å²) in [6.07, 6.45) is 7.96. The topological polar surface area (TPSA) is 33.1 Å². The van der Waals surface area contributed by atoms with Crippen LogP contribution in [0.5, 0.6) is 0 Å². The third-order valence-electron chi connectivity index (χ3n) is 4.25. The van der Waals surface area contributed by atoms with E-state index in [1.54, 1.807) is 0 Å². The van der Waals surface area contributed by atoms with Gasteiger partial charge in [-0.15, -0.1) is 0 Å². The highest BCUT2D eigenvalue weighted by Crippen LogP contribution is 2.34. The Bertz CT molecular complexity index is 416. The maximum Gasteiger partial charge on any atom is 0.205 e. The Morgan fingerprint density at radius 2 is 2.00 bits per heavy atom. The molecule has 0 amide bonds. The molecule has 1 aliphatic carbocycles. The smallest absolute Gasteiger partial charge is 0.205 e. The number of rotatable bonds is 2. The molecule has 4 nitrogen and oxygen atoms in total. The van der Waals surface area contributed by atoms with Crippen LogP contribution >= 0.6 is 0 Å². The Kier molecular flexibility index (Phi) is 3.29. The minimum atomic E-state index is 0.686. The van der Waals surface area contributed by atoms with Crippen LogP contribution in [-0.4, -0.2) is 30.2 Å². The normalized spacial score (nSPS) is 20.8. The predicted molar refractivity (Wildman–Crippen MR) is 74.1 cm³/mol. The second-order valence-electron chi connectivity index (χ2n) is 5.79. The fourth-order valence-corrected chi connectivity index (χ4v) is 3.36. The van der Waals surface area contributed by atoms with E-state index >= 15 is 0 Å². The van der Waals surface area contributed by atoms with Gasteiger partial charge in [0.25, 0.3) is 0 Å². The van der Waals surface area contributed by atoms with Crippen molar-refractivity contribution in [2.45, 2.75) is 51.1 Å². The first-order valence-electron chi connectivity index (χ1n) is 7.25. The fourth-order valence-electron chi connectivity index (χ4n) is 3.36. The zero-order valence-electron chi connectivity index (χ0n) is 11.6. The summed E-state index contributed by atoms with van der Waals surface area (Å²) in [5.74, 6) is 1.16. The lowest BCUT2D eigenvalue weighted by molar-refractivity contribution is 0.345. The molecular weight excluding hydrogens is 224 g/mol. The summed E-state index contributed by atoms with van der Waals surface area (Å²) in [5, 5.41) is 3.43. The van der Waals surface area contributed by atoms with Crippen LogP contribution in [0.25, 0.3) is 0 Å². The number of hydrogen-bond acceptors (Lipinski definition) is 3. The van der Waals surface area contributed by atoms with Crippen molar-refractivity contribution in [3.05, 3.63) is 11.4 Å². The van der Waals surface area contributed by atoms with Gasteiger partial charge in [0.15, 0.2) is 0 Å². The molecule has 1 aliphatic heterocycles. The molecule has 3 rings (SSSR count). The summed E-state index contributed by atoms with van der Waals surface area (Å²) < 4.78 is 2.55. The first kappa shape index (κ1) is 12.0. The molecule has 0 bridgehead atoms. The molecular formula is C14H24N4. The van der Waals surface area contributed by atoms with E-state index in [4.69, 9.17) is 4.98 Å². The van der Waals surface area contributed by atoms with Crippen molar-refractivity contribution in [2.24, 2.45) is 0 Å². The summed E-state index contributed by atoms with van der Waals surface area (Å²) in [6, 6.07) is 0.686. The molecule has 0 spiro atoms. The number of fused-ring (bicyclic) bond motifs is 1. The van der Waals surface area contributed by atoms with Gasteiger partial charge in [-0.05, 0) is 12.8 Å². The zero-order valence-corrected chi connectivity index (χ0v) is 11.6. The van der Waals surface area contributed by atoms with Crippen LogP contribution in [0.15, 0.2) is 0 Å². The van der Waals surface area contributed by atoms with Crippen LogP contribution in [0.2, 0.25) is 0 Å². The second-order valence-corrected chi connectivity index (χ2v) is 5.79. The van der Waals surface area contributed by atoms with Gasteiger partial charge in [-0.2, -0.15) is 0 Å². The van der Waals surface area contributed by atoms with E-state index in [2.05, 4.69) is 28.9 Å². The number of nitrogens with one attached hydrogen (secondary N) is 1. The molecule has 1 saturated carbocycles. The van der Waals surface area contributed by atoms with E-state index in [9.17, 15) is 0 Å². The molecule has 1 aromatic heterocycles. The first-order valence-corrected chi connectivity index (χ1v) is 7.25. The van der Waals surface area contributed by atoms with Gasteiger partial charge in [-0.3, -0.25) is 0 Å². The Balaban J connectivity index is 2.01. The average Bonchev–Trinajstić information content (AvgIpc) is 2.79. The number of aromatic nitrogens is 2. The summed E-state index contributed by atoms with van der Waals surface area (Å²) in [7, 11) is 4.22. The molecule has 0 aromatic carbocycles. The van der Waals surface area contributed by atoms with Crippen molar-refractivity contribution in [3.63, 3.8) is 0 Å².